The first-order valence-electron chi connectivity index (χ1n) is 6.85. The van der Waals surface area contributed by atoms with Crippen molar-refractivity contribution in [2.75, 3.05) is 11.4 Å². The Morgan fingerprint density at radius 3 is 2.30 bits per heavy atom. The Morgan fingerprint density at radius 2 is 1.78 bits per heavy atom. The van der Waals surface area contributed by atoms with Crippen LogP contribution in [0, 0.1) is 5.41 Å². The van der Waals surface area contributed by atoms with Crippen molar-refractivity contribution in [3.05, 3.63) is 60.4 Å². The number of aliphatic carboxylic acids is 1. The van der Waals surface area contributed by atoms with E-state index in [0.29, 0.717) is 11.3 Å². The van der Waals surface area contributed by atoms with Gasteiger partial charge in [0.1, 0.15) is 0 Å². The molecule has 1 aromatic carbocycles. The first-order chi connectivity index (χ1) is 11.1. The molecular formula is C16H16N4O3. The molecule has 0 aliphatic heterocycles. The first kappa shape index (κ1) is 16.3. The van der Waals surface area contributed by atoms with E-state index in [2.05, 4.69) is 4.98 Å². The lowest BCUT2D eigenvalue weighted by Crippen LogP contribution is -2.52. The van der Waals surface area contributed by atoms with Gasteiger partial charge in [-0.3, -0.25) is 14.7 Å². The molecule has 0 radical (unpaired) electrons. The Morgan fingerprint density at radius 1 is 1.17 bits per heavy atom. The van der Waals surface area contributed by atoms with Crippen LogP contribution < -0.4 is 10.6 Å². The fourth-order valence-corrected chi connectivity index (χ4v) is 2.18. The number of carboxylic acid groups (broad SMARTS) is 1. The molecule has 1 aromatic heterocycles. The third-order valence-electron chi connectivity index (χ3n) is 3.23. The fourth-order valence-electron chi connectivity index (χ4n) is 2.18. The highest BCUT2D eigenvalue weighted by molar-refractivity contribution is 6.19. The number of hydrogen-bond acceptors (Lipinski definition) is 5. The molecule has 2 rings (SSSR count). The molecule has 1 amide bonds. The van der Waals surface area contributed by atoms with Gasteiger partial charge in [-0.05, 0) is 24.3 Å². The van der Waals surface area contributed by atoms with Gasteiger partial charge in [-0.1, -0.05) is 18.2 Å². The molecule has 23 heavy (non-hydrogen) atoms. The van der Waals surface area contributed by atoms with Crippen LogP contribution in [0.4, 0.5) is 5.69 Å². The molecule has 2 aromatic rings. The number of carbonyl (C=O) groups excluding carboxylic acids is 1. The highest BCUT2D eigenvalue weighted by atomic mass is 16.4. The maximum absolute atomic E-state index is 12.2. The second kappa shape index (κ2) is 7.28. The highest BCUT2D eigenvalue weighted by Crippen LogP contribution is 2.19. The van der Waals surface area contributed by atoms with Crippen molar-refractivity contribution in [2.45, 2.75) is 6.04 Å². The van der Waals surface area contributed by atoms with Crippen molar-refractivity contribution in [2.24, 2.45) is 5.73 Å². The van der Waals surface area contributed by atoms with Gasteiger partial charge in [-0.2, -0.15) is 0 Å². The van der Waals surface area contributed by atoms with E-state index >= 15 is 0 Å². The number of pyridine rings is 1. The number of hydrogen-bond donors (Lipinski definition) is 3. The molecule has 0 bridgehead atoms. The molecule has 0 spiro atoms. The summed E-state index contributed by atoms with van der Waals surface area (Å²) < 4.78 is 0. The summed E-state index contributed by atoms with van der Waals surface area (Å²) in [6, 6.07) is 9.88. The summed E-state index contributed by atoms with van der Waals surface area (Å²) >= 11 is 0. The molecule has 0 saturated heterocycles. The van der Waals surface area contributed by atoms with E-state index in [1.54, 1.807) is 30.3 Å². The number of benzene rings is 1. The Balaban J connectivity index is 2.49. The number of anilines is 1. The lowest BCUT2D eigenvalue weighted by Gasteiger charge is -2.29. The summed E-state index contributed by atoms with van der Waals surface area (Å²) in [5, 5.41) is 17.8. The number of nitrogens with zero attached hydrogens (tertiary/aromatic N) is 2. The molecule has 0 fully saturated rings. The number of aromatic nitrogens is 1. The molecule has 0 unspecified atom stereocenters. The minimum absolute atomic E-state index is 0.217. The van der Waals surface area contributed by atoms with Crippen LogP contribution in [0.25, 0.3) is 0 Å². The lowest BCUT2D eigenvalue weighted by atomic mass is 10.0. The van der Waals surface area contributed by atoms with Crippen LogP contribution in [0.15, 0.2) is 54.9 Å². The Hall–Kier alpha value is -3.06. The molecular weight excluding hydrogens is 296 g/mol. The van der Waals surface area contributed by atoms with Crippen LogP contribution in [0.2, 0.25) is 0 Å². The zero-order chi connectivity index (χ0) is 16.8. The number of nitrogens with one attached hydrogen (secondary N) is 1. The van der Waals surface area contributed by atoms with Gasteiger partial charge in [0.05, 0.1) is 12.3 Å². The van der Waals surface area contributed by atoms with Crippen molar-refractivity contribution < 1.29 is 14.7 Å². The van der Waals surface area contributed by atoms with Gasteiger partial charge < -0.3 is 16.2 Å². The van der Waals surface area contributed by atoms with E-state index < -0.39 is 17.9 Å². The third-order valence-corrected chi connectivity index (χ3v) is 3.23. The lowest BCUT2D eigenvalue weighted by molar-refractivity contribution is -0.138. The summed E-state index contributed by atoms with van der Waals surface area (Å²) in [5.74, 6) is -1.89. The summed E-state index contributed by atoms with van der Waals surface area (Å²) in [6.07, 6.45) is 2.92. The van der Waals surface area contributed by atoms with Gasteiger partial charge in [-0.25, -0.2) is 4.79 Å². The van der Waals surface area contributed by atoms with E-state index in [4.69, 9.17) is 11.1 Å². The number of carboxylic acids is 1. The molecule has 1 heterocycles. The van der Waals surface area contributed by atoms with E-state index in [1.807, 2.05) is 0 Å². The zero-order valence-corrected chi connectivity index (χ0v) is 12.2. The minimum Gasteiger partial charge on any atom is -0.479 e. The number of para-hydroxylation sites is 1. The van der Waals surface area contributed by atoms with Gasteiger partial charge in [-0.15, -0.1) is 0 Å². The Kier molecular flexibility index (Phi) is 5.16. The van der Waals surface area contributed by atoms with Gasteiger partial charge in [0.15, 0.2) is 6.04 Å². The van der Waals surface area contributed by atoms with E-state index in [0.717, 1.165) is 4.90 Å². The van der Waals surface area contributed by atoms with Gasteiger partial charge in [0.2, 0.25) is 5.91 Å². The molecule has 118 valence electrons. The van der Waals surface area contributed by atoms with Crippen LogP contribution in [0.3, 0.4) is 0 Å². The predicted octanol–water partition coefficient (Wildman–Crippen LogP) is 0.895. The van der Waals surface area contributed by atoms with E-state index in [1.165, 1.54) is 24.5 Å². The molecule has 0 aliphatic rings. The average molecular weight is 312 g/mol. The topological polar surface area (TPSA) is 120 Å². The zero-order valence-electron chi connectivity index (χ0n) is 12.2. The predicted molar refractivity (Wildman–Crippen MR) is 85.5 cm³/mol. The monoisotopic (exact) mass is 312 g/mol. The van der Waals surface area contributed by atoms with Crippen LogP contribution >= 0.6 is 0 Å². The van der Waals surface area contributed by atoms with Gasteiger partial charge in [0, 0.05) is 23.6 Å². The molecule has 0 saturated carbocycles. The van der Waals surface area contributed by atoms with Crippen molar-refractivity contribution in [1.29, 1.82) is 5.41 Å². The number of rotatable bonds is 6. The van der Waals surface area contributed by atoms with Crippen molar-refractivity contribution in [3.63, 3.8) is 0 Å². The Labute approximate surface area is 132 Å². The van der Waals surface area contributed by atoms with E-state index in [9.17, 15) is 14.7 Å². The number of nitrogens with two attached hydrogens (primary N) is 1. The average Bonchev–Trinajstić information content (AvgIpc) is 2.59. The number of carbonyl (C=O) groups is 2. The van der Waals surface area contributed by atoms with Crippen LogP contribution in [0.1, 0.15) is 5.56 Å². The molecule has 7 heteroatoms. The van der Waals surface area contributed by atoms with Crippen molar-refractivity contribution in [1.82, 2.24) is 4.98 Å². The molecule has 4 N–H and O–H groups in total. The van der Waals surface area contributed by atoms with Crippen molar-refractivity contribution in [3.8, 4) is 0 Å². The van der Waals surface area contributed by atoms with E-state index in [-0.39, 0.29) is 12.3 Å². The van der Waals surface area contributed by atoms with Crippen LogP contribution in [0.5, 0.6) is 0 Å². The molecule has 7 nitrogen and oxygen atoms in total. The maximum Gasteiger partial charge on any atom is 0.333 e. The normalized spacial score (nSPS) is 11.5. The standard InChI is InChI=1S/C16H16N4O3/c17-10-13(21)20(12-4-2-1-3-5-12)15(16(22)23)14(18)11-6-8-19-9-7-11/h1-9,15,18H,10,17H2,(H,22,23)/t15-/m0/s1. The summed E-state index contributed by atoms with van der Waals surface area (Å²) in [5.41, 5.74) is 5.95. The highest BCUT2D eigenvalue weighted by Gasteiger charge is 2.34. The van der Waals surface area contributed by atoms with Gasteiger partial charge >= 0.3 is 5.97 Å². The van der Waals surface area contributed by atoms with Gasteiger partial charge in [0.25, 0.3) is 0 Å². The fraction of sp³-hybridized carbons (Fsp3) is 0.125. The first-order valence-corrected chi connectivity index (χ1v) is 6.85. The minimum atomic E-state index is -1.48. The summed E-state index contributed by atoms with van der Waals surface area (Å²) in [4.78, 5) is 28.9. The third kappa shape index (κ3) is 3.58. The van der Waals surface area contributed by atoms with Crippen LogP contribution in [-0.4, -0.2) is 40.3 Å². The van der Waals surface area contributed by atoms with Crippen LogP contribution in [-0.2, 0) is 9.59 Å². The summed E-state index contributed by atoms with van der Waals surface area (Å²) in [7, 11) is 0. The second-order valence-corrected chi connectivity index (χ2v) is 4.69. The Bertz CT molecular complexity index is 704. The maximum atomic E-state index is 12.2. The number of amides is 1. The second-order valence-electron chi connectivity index (χ2n) is 4.69. The molecule has 0 aliphatic carbocycles. The smallest absolute Gasteiger partial charge is 0.333 e. The molecule has 1 atom stereocenters. The largest absolute Gasteiger partial charge is 0.479 e. The quantitative estimate of drug-likeness (QED) is 0.684. The summed E-state index contributed by atoms with van der Waals surface area (Å²) in [6.45, 7) is -0.359. The SMILES string of the molecule is N=C(c1ccncc1)[C@@H](C(=O)O)N(C(=O)CN)c1ccccc1. The van der Waals surface area contributed by atoms with Crippen molar-refractivity contribution >= 4 is 23.3 Å².